The third-order valence-corrected chi connectivity index (χ3v) is 2.84. The molecule has 3 rings (SSSR count). The maximum absolute atomic E-state index is 5.85. The van der Waals surface area contributed by atoms with Crippen LogP contribution in [-0.2, 0) is 6.54 Å². The molecule has 2 heterocycles. The van der Waals surface area contributed by atoms with Gasteiger partial charge in [0.2, 0.25) is 0 Å². The molecule has 1 aromatic carbocycles. The van der Waals surface area contributed by atoms with Crippen LogP contribution in [0, 0.1) is 0 Å². The van der Waals surface area contributed by atoms with Gasteiger partial charge < -0.3 is 15.5 Å². The summed E-state index contributed by atoms with van der Waals surface area (Å²) < 4.78 is 7.46. The third-order valence-electron chi connectivity index (χ3n) is 2.84. The SMILES string of the molecule is CC(Cn1cccn1)Nc1nc2c(N)cccc2o1. The predicted molar refractivity (Wildman–Crippen MR) is 73.7 cm³/mol. The smallest absolute Gasteiger partial charge is 0.296 e. The van der Waals surface area contributed by atoms with E-state index in [0.717, 1.165) is 6.54 Å². The number of oxazole rings is 1. The molecular formula is C13H15N5O. The minimum Gasteiger partial charge on any atom is -0.423 e. The van der Waals surface area contributed by atoms with Gasteiger partial charge in [-0.25, -0.2) is 0 Å². The minimum absolute atomic E-state index is 0.147. The Morgan fingerprint density at radius 2 is 2.32 bits per heavy atom. The monoisotopic (exact) mass is 257 g/mol. The molecule has 1 atom stereocenters. The number of hydrogen-bond donors (Lipinski definition) is 2. The Hall–Kier alpha value is -2.50. The second-order valence-corrected chi connectivity index (χ2v) is 4.49. The van der Waals surface area contributed by atoms with Gasteiger partial charge >= 0.3 is 0 Å². The van der Waals surface area contributed by atoms with E-state index in [-0.39, 0.29) is 6.04 Å². The molecule has 0 aliphatic carbocycles. The molecule has 0 saturated carbocycles. The quantitative estimate of drug-likeness (QED) is 0.699. The zero-order chi connectivity index (χ0) is 13.2. The van der Waals surface area contributed by atoms with Gasteiger partial charge in [-0.1, -0.05) is 6.07 Å². The Bertz CT molecular complexity index is 673. The summed E-state index contributed by atoms with van der Waals surface area (Å²) in [6, 6.07) is 8.03. The fourth-order valence-corrected chi connectivity index (χ4v) is 1.98. The van der Waals surface area contributed by atoms with Gasteiger partial charge in [-0.15, -0.1) is 0 Å². The van der Waals surface area contributed by atoms with Crippen LogP contribution in [0.4, 0.5) is 11.7 Å². The highest BCUT2D eigenvalue weighted by atomic mass is 16.4. The van der Waals surface area contributed by atoms with E-state index in [2.05, 4.69) is 15.4 Å². The topological polar surface area (TPSA) is 81.9 Å². The second-order valence-electron chi connectivity index (χ2n) is 4.49. The molecule has 0 saturated heterocycles. The van der Waals surface area contributed by atoms with Crippen molar-refractivity contribution in [3.05, 3.63) is 36.7 Å². The highest BCUT2D eigenvalue weighted by molar-refractivity contribution is 5.86. The zero-order valence-corrected chi connectivity index (χ0v) is 10.6. The van der Waals surface area contributed by atoms with Gasteiger partial charge in [0.05, 0.1) is 12.2 Å². The van der Waals surface area contributed by atoms with Crippen LogP contribution in [0.3, 0.4) is 0 Å². The molecule has 0 aliphatic rings. The molecular weight excluding hydrogens is 242 g/mol. The van der Waals surface area contributed by atoms with Gasteiger partial charge in [-0.2, -0.15) is 10.1 Å². The average Bonchev–Trinajstić information content (AvgIpc) is 2.98. The van der Waals surface area contributed by atoms with Gasteiger partial charge in [-0.05, 0) is 25.1 Å². The summed E-state index contributed by atoms with van der Waals surface area (Å²) in [6.45, 7) is 2.78. The summed E-state index contributed by atoms with van der Waals surface area (Å²) in [5.74, 6) is 0. The van der Waals surface area contributed by atoms with E-state index in [4.69, 9.17) is 10.2 Å². The number of nitrogens with one attached hydrogen (secondary N) is 1. The molecule has 3 aromatic rings. The van der Waals surface area contributed by atoms with E-state index in [9.17, 15) is 0 Å². The summed E-state index contributed by atoms with van der Waals surface area (Å²) >= 11 is 0. The summed E-state index contributed by atoms with van der Waals surface area (Å²) in [4.78, 5) is 4.35. The first-order valence-corrected chi connectivity index (χ1v) is 6.11. The molecule has 0 fully saturated rings. The molecule has 0 amide bonds. The lowest BCUT2D eigenvalue weighted by atomic mass is 10.3. The Morgan fingerprint density at radius 3 is 3.05 bits per heavy atom. The van der Waals surface area contributed by atoms with E-state index >= 15 is 0 Å². The summed E-state index contributed by atoms with van der Waals surface area (Å²) in [5, 5.41) is 7.36. The number of anilines is 2. The third kappa shape index (κ3) is 2.37. The van der Waals surface area contributed by atoms with Crippen LogP contribution in [-0.4, -0.2) is 20.8 Å². The van der Waals surface area contributed by atoms with Crippen molar-refractivity contribution in [2.75, 3.05) is 11.1 Å². The minimum atomic E-state index is 0.147. The largest absolute Gasteiger partial charge is 0.423 e. The van der Waals surface area contributed by atoms with E-state index in [1.807, 2.05) is 42.1 Å². The van der Waals surface area contributed by atoms with Crippen LogP contribution >= 0.6 is 0 Å². The lowest BCUT2D eigenvalue weighted by Gasteiger charge is -2.11. The van der Waals surface area contributed by atoms with Crippen LogP contribution in [0.5, 0.6) is 0 Å². The lowest BCUT2D eigenvalue weighted by molar-refractivity contribution is 0.535. The molecule has 0 spiro atoms. The van der Waals surface area contributed by atoms with E-state index in [0.29, 0.717) is 22.8 Å². The van der Waals surface area contributed by atoms with Crippen LogP contribution < -0.4 is 11.1 Å². The van der Waals surface area contributed by atoms with Crippen LogP contribution in [0.15, 0.2) is 41.1 Å². The Kier molecular flexibility index (Phi) is 2.83. The van der Waals surface area contributed by atoms with E-state index < -0.39 is 0 Å². The molecule has 98 valence electrons. The van der Waals surface area contributed by atoms with Gasteiger partial charge in [-0.3, -0.25) is 4.68 Å². The van der Waals surface area contributed by atoms with Crippen LogP contribution in [0.2, 0.25) is 0 Å². The fourth-order valence-electron chi connectivity index (χ4n) is 1.98. The number of aromatic nitrogens is 3. The first-order chi connectivity index (χ1) is 9.22. The first-order valence-electron chi connectivity index (χ1n) is 6.11. The van der Waals surface area contributed by atoms with Crippen molar-refractivity contribution in [2.45, 2.75) is 19.5 Å². The van der Waals surface area contributed by atoms with Crippen molar-refractivity contribution in [2.24, 2.45) is 0 Å². The molecule has 6 nitrogen and oxygen atoms in total. The highest BCUT2D eigenvalue weighted by Crippen LogP contribution is 2.23. The van der Waals surface area contributed by atoms with Gasteiger partial charge in [0, 0.05) is 18.4 Å². The molecule has 0 bridgehead atoms. The standard InChI is InChI=1S/C13H15N5O/c1-9(8-18-7-3-6-15-18)16-13-17-12-10(14)4-2-5-11(12)19-13/h2-7,9H,8,14H2,1H3,(H,16,17). The van der Waals surface area contributed by atoms with Crippen LogP contribution in [0.25, 0.3) is 11.1 Å². The summed E-state index contributed by atoms with van der Waals surface area (Å²) in [5.41, 5.74) is 7.84. The predicted octanol–water partition coefficient (Wildman–Crippen LogP) is 2.11. The molecule has 2 aromatic heterocycles. The van der Waals surface area contributed by atoms with Crippen molar-refractivity contribution in [3.63, 3.8) is 0 Å². The lowest BCUT2D eigenvalue weighted by Crippen LogP contribution is -2.22. The maximum atomic E-state index is 5.85. The Labute approximate surface area is 110 Å². The first kappa shape index (κ1) is 11.6. The number of rotatable bonds is 4. The van der Waals surface area contributed by atoms with Gasteiger partial charge in [0.25, 0.3) is 6.01 Å². The normalized spacial score (nSPS) is 12.7. The van der Waals surface area contributed by atoms with Crippen LogP contribution in [0.1, 0.15) is 6.92 Å². The number of hydrogen-bond acceptors (Lipinski definition) is 5. The molecule has 0 radical (unpaired) electrons. The fraction of sp³-hybridized carbons (Fsp3) is 0.231. The number of nitrogens with two attached hydrogens (primary N) is 1. The zero-order valence-electron chi connectivity index (χ0n) is 10.6. The van der Waals surface area contributed by atoms with E-state index in [1.165, 1.54) is 0 Å². The second kappa shape index (κ2) is 4.64. The molecule has 6 heteroatoms. The van der Waals surface area contributed by atoms with Crippen molar-refractivity contribution >= 4 is 22.8 Å². The van der Waals surface area contributed by atoms with Crippen molar-refractivity contribution in [1.82, 2.24) is 14.8 Å². The van der Waals surface area contributed by atoms with Crippen molar-refractivity contribution in [3.8, 4) is 0 Å². The van der Waals surface area contributed by atoms with Gasteiger partial charge in [0.1, 0.15) is 5.52 Å². The maximum Gasteiger partial charge on any atom is 0.296 e. The molecule has 19 heavy (non-hydrogen) atoms. The number of fused-ring (bicyclic) bond motifs is 1. The number of para-hydroxylation sites is 1. The summed E-state index contributed by atoms with van der Waals surface area (Å²) in [6.07, 6.45) is 3.68. The Morgan fingerprint density at radius 1 is 1.42 bits per heavy atom. The summed E-state index contributed by atoms with van der Waals surface area (Å²) in [7, 11) is 0. The molecule has 3 N–H and O–H groups in total. The molecule has 0 aliphatic heterocycles. The number of nitrogens with zero attached hydrogens (tertiary/aromatic N) is 3. The Balaban J connectivity index is 1.76. The molecule has 1 unspecified atom stereocenters. The van der Waals surface area contributed by atoms with E-state index in [1.54, 1.807) is 6.20 Å². The van der Waals surface area contributed by atoms with Gasteiger partial charge in [0.15, 0.2) is 5.58 Å². The van der Waals surface area contributed by atoms with Crippen molar-refractivity contribution < 1.29 is 4.42 Å². The number of nitrogen functional groups attached to an aromatic ring is 1. The number of benzene rings is 1. The highest BCUT2D eigenvalue weighted by Gasteiger charge is 2.10. The average molecular weight is 257 g/mol. The van der Waals surface area contributed by atoms with Crippen molar-refractivity contribution in [1.29, 1.82) is 0 Å².